The summed E-state index contributed by atoms with van der Waals surface area (Å²) in [5.41, 5.74) is 4.74. The van der Waals surface area contributed by atoms with E-state index in [4.69, 9.17) is 18.9 Å². The summed E-state index contributed by atoms with van der Waals surface area (Å²) in [6.07, 6.45) is 1.53. The Morgan fingerprint density at radius 3 is 2.77 bits per heavy atom. The van der Waals surface area contributed by atoms with Gasteiger partial charge in [-0.2, -0.15) is 5.10 Å². The molecule has 35 heavy (non-hydrogen) atoms. The third-order valence-corrected chi connectivity index (χ3v) is 6.11. The van der Waals surface area contributed by atoms with Crippen LogP contribution >= 0.6 is 15.9 Å². The van der Waals surface area contributed by atoms with E-state index in [1.54, 1.807) is 31.4 Å². The van der Waals surface area contributed by atoms with Crippen LogP contribution in [0, 0.1) is 0 Å². The number of fused-ring (bicyclic) bond motifs is 2. The molecule has 1 N–H and O–H groups in total. The molecule has 0 fully saturated rings. The maximum Gasteiger partial charge on any atom is 0.271 e. The molecule has 0 atom stereocenters. The van der Waals surface area contributed by atoms with Gasteiger partial charge in [0.2, 0.25) is 6.79 Å². The molecule has 4 aromatic rings. The van der Waals surface area contributed by atoms with Crippen molar-refractivity contribution < 1.29 is 23.7 Å². The molecule has 0 aliphatic carbocycles. The van der Waals surface area contributed by atoms with E-state index >= 15 is 0 Å². The second kappa shape index (κ2) is 10.1. The molecular weight excluding hydrogens is 512 g/mol. The first-order valence-corrected chi connectivity index (χ1v) is 11.6. The molecule has 1 aliphatic heterocycles. The molecule has 1 aliphatic rings. The van der Waals surface area contributed by atoms with Crippen LogP contribution in [-0.2, 0) is 6.61 Å². The van der Waals surface area contributed by atoms with Gasteiger partial charge in [-0.25, -0.2) is 5.43 Å². The number of amides is 1. The fourth-order valence-corrected chi connectivity index (χ4v) is 4.36. The highest BCUT2D eigenvalue weighted by Crippen LogP contribution is 2.37. The Kier molecular flexibility index (Phi) is 6.54. The number of rotatable bonds is 7. The predicted octanol–water partition coefficient (Wildman–Crippen LogP) is 5.68. The number of hydrogen-bond acceptors (Lipinski definition) is 6. The van der Waals surface area contributed by atoms with Crippen molar-refractivity contribution in [1.29, 1.82) is 0 Å². The van der Waals surface area contributed by atoms with E-state index < -0.39 is 0 Å². The quantitative estimate of drug-likeness (QED) is 0.244. The van der Waals surface area contributed by atoms with Crippen LogP contribution < -0.4 is 24.4 Å². The molecule has 4 aromatic carbocycles. The first-order chi connectivity index (χ1) is 17.1. The van der Waals surface area contributed by atoms with Gasteiger partial charge in [0, 0.05) is 5.56 Å². The van der Waals surface area contributed by atoms with Crippen molar-refractivity contribution in [2.75, 3.05) is 13.9 Å². The number of hydrazone groups is 1. The first-order valence-electron chi connectivity index (χ1n) is 10.8. The van der Waals surface area contributed by atoms with E-state index in [-0.39, 0.29) is 12.7 Å². The zero-order valence-electron chi connectivity index (χ0n) is 18.8. The van der Waals surface area contributed by atoms with Gasteiger partial charge < -0.3 is 18.9 Å². The molecule has 7 nitrogen and oxygen atoms in total. The normalized spacial score (nSPS) is 12.2. The van der Waals surface area contributed by atoms with Crippen LogP contribution in [0.3, 0.4) is 0 Å². The van der Waals surface area contributed by atoms with Crippen molar-refractivity contribution in [2.24, 2.45) is 5.10 Å². The van der Waals surface area contributed by atoms with E-state index in [1.807, 2.05) is 30.3 Å². The smallest absolute Gasteiger partial charge is 0.271 e. The zero-order valence-corrected chi connectivity index (χ0v) is 20.4. The van der Waals surface area contributed by atoms with Gasteiger partial charge in [-0.1, -0.05) is 42.5 Å². The lowest BCUT2D eigenvalue weighted by molar-refractivity contribution is 0.0954. The average Bonchev–Trinajstić information content (AvgIpc) is 3.36. The average molecular weight is 533 g/mol. The maximum absolute atomic E-state index is 12.4. The molecule has 5 rings (SSSR count). The first kappa shape index (κ1) is 22.7. The van der Waals surface area contributed by atoms with Crippen molar-refractivity contribution in [1.82, 2.24) is 5.43 Å². The highest BCUT2D eigenvalue weighted by molar-refractivity contribution is 9.10. The third-order valence-electron chi connectivity index (χ3n) is 5.52. The molecular formula is C27H21BrN2O5. The summed E-state index contributed by atoms with van der Waals surface area (Å²) in [6.45, 7) is 0.534. The number of hydrogen-bond donors (Lipinski definition) is 1. The van der Waals surface area contributed by atoms with Gasteiger partial charge in [0.15, 0.2) is 23.0 Å². The van der Waals surface area contributed by atoms with Crippen LogP contribution in [0.25, 0.3) is 10.8 Å². The molecule has 0 aromatic heterocycles. The number of methoxy groups -OCH3 is 1. The number of benzene rings is 4. The van der Waals surface area contributed by atoms with Crippen molar-refractivity contribution >= 4 is 38.8 Å². The fourth-order valence-electron chi connectivity index (χ4n) is 3.79. The van der Waals surface area contributed by atoms with Gasteiger partial charge in [0.05, 0.1) is 17.8 Å². The molecule has 1 heterocycles. The Balaban J connectivity index is 1.28. The maximum atomic E-state index is 12.4. The summed E-state index contributed by atoms with van der Waals surface area (Å²) in [4.78, 5) is 12.4. The standard InChI is InChI=1S/C27H21BrN2O5/c1-32-25-12-17(14-29-30-27(31)19-9-10-23-24(13-19)35-16-34-23)11-22(28)26(25)33-15-20-7-4-6-18-5-2-3-8-21(18)20/h2-14H,15-16H2,1H3,(H,30,31)/b29-14+. The second-order valence-electron chi connectivity index (χ2n) is 7.73. The number of carbonyl (C=O) groups is 1. The van der Waals surface area contributed by atoms with Crippen LogP contribution in [0.5, 0.6) is 23.0 Å². The number of nitrogens with one attached hydrogen (secondary N) is 1. The monoisotopic (exact) mass is 532 g/mol. The molecule has 0 saturated carbocycles. The number of carbonyl (C=O) groups excluding carboxylic acids is 1. The molecule has 8 heteroatoms. The topological polar surface area (TPSA) is 78.4 Å². The van der Waals surface area contributed by atoms with E-state index in [2.05, 4.69) is 44.7 Å². The van der Waals surface area contributed by atoms with Crippen molar-refractivity contribution in [3.8, 4) is 23.0 Å². The highest BCUT2D eigenvalue weighted by Gasteiger charge is 2.16. The Hall–Kier alpha value is -4.04. The minimum Gasteiger partial charge on any atom is -0.493 e. The summed E-state index contributed by atoms with van der Waals surface area (Å²) in [6, 6.07) is 22.9. The van der Waals surface area contributed by atoms with Gasteiger partial charge in [-0.05, 0) is 68.2 Å². The zero-order chi connectivity index (χ0) is 24.2. The Morgan fingerprint density at radius 2 is 1.89 bits per heavy atom. The Bertz CT molecular complexity index is 1430. The van der Waals surface area contributed by atoms with Gasteiger partial charge >= 0.3 is 0 Å². The molecule has 0 saturated heterocycles. The minimum atomic E-state index is -0.361. The van der Waals surface area contributed by atoms with E-state index in [9.17, 15) is 4.79 Å². The van der Waals surface area contributed by atoms with Crippen molar-refractivity contribution in [2.45, 2.75) is 6.61 Å². The SMILES string of the molecule is COc1cc(/C=N/NC(=O)c2ccc3c(c2)OCO3)cc(Br)c1OCc1cccc2ccccc12. The van der Waals surface area contributed by atoms with Crippen LogP contribution in [0.4, 0.5) is 0 Å². The molecule has 0 spiro atoms. The summed E-state index contributed by atoms with van der Waals surface area (Å²) in [7, 11) is 1.58. The van der Waals surface area contributed by atoms with Crippen molar-refractivity contribution in [3.63, 3.8) is 0 Å². The van der Waals surface area contributed by atoms with Gasteiger partial charge in [-0.15, -0.1) is 0 Å². The Labute approximate surface area is 210 Å². The number of ether oxygens (including phenoxy) is 4. The van der Waals surface area contributed by atoms with Gasteiger partial charge in [-0.3, -0.25) is 4.79 Å². The lowest BCUT2D eigenvalue weighted by atomic mass is 10.1. The van der Waals surface area contributed by atoms with Crippen LogP contribution in [-0.4, -0.2) is 26.0 Å². The third kappa shape index (κ3) is 4.93. The van der Waals surface area contributed by atoms with E-state index in [1.165, 1.54) is 6.21 Å². The van der Waals surface area contributed by atoms with Crippen LogP contribution in [0.1, 0.15) is 21.5 Å². The lowest BCUT2D eigenvalue weighted by Gasteiger charge is -2.14. The van der Waals surface area contributed by atoms with Crippen LogP contribution in [0.15, 0.2) is 82.4 Å². The van der Waals surface area contributed by atoms with Gasteiger partial charge in [0.1, 0.15) is 6.61 Å². The summed E-state index contributed by atoms with van der Waals surface area (Å²) >= 11 is 3.57. The van der Waals surface area contributed by atoms with E-state index in [0.717, 1.165) is 21.9 Å². The molecule has 1 amide bonds. The minimum absolute atomic E-state index is 0.150. The number of nitrogens with zero attached hydrogens (tertiary/aromatic N) is 1. The van der Waals surface area contributed by atoms with Crippen LogP contribution in [0.2, 0.25) is 0 Å². The molecule has 0 radical (unpaired) electrons. The van der Waals surface area contributed by atoms with E-state index in [0.29, 0.717) is 39.6 Å². The summed E-state index contributed by atoms with van der Waals surface area (Å²) in [5, 5.41) is 6.38. The fraction of sp³-hybridized carbons (Fsp3) is 0.111. The molecule has 176 valence electrons. The lowest BCUT2D eigenvalue weighted by Crippen LogP contribution is -2.17. The van der Waals surface area contributed by atoms with Gasteiger partial charge in [0.25, 0.3) is 5.91 Å². The second-order valence-corrected chi connectivity index (χ2v) is 8.58. The van der Waals surface area contributed by atoms with Crippen molar-refractivity contribution in [3.05, 3.63) is 94.0 Å². The molecule has 0 bridgehead atoms. The predicted molar refractivity (Wildman–Crippen MR) is 137 cm³/mol. The highest BCUT2D eigenvalue weighted by atomic mass is 79.9. The number of halogens is 1. The molecule has 0 unspecified atom stereocenters. The summed E-state index contributed by atoms with van der Waals surface area (Å²) < 4.78 is 23.0. The largest absolute Gasteiger partial charge is 0.493 e. The summed E-state index contributed by atoms with van der Waals surface area (Å²) in [5.74, 6) is 1.92. The Morgan fingerprint density at radius 1 is 1.06 bits per heavy atom.